The van der Waals surface area contributed by atoms with E-state index in [9.17, 15) is 9.59 Å². The topological polar surface area (TPSA) is 70.7 Å². The number of carbonyl (C=O) groups is 2. The van der Waals surface area contributed by atoms with Crippen molar-refractivity contribution in [3.63, 3.8) is 0 Å². The van der Waals surface area contributed by atoms with Crippen molar-refractivity contribution >= 4 is 27.7 Å². The van der Waals surface area contributed by atoms with Crippen LogP contribution in [0.4, 0.5) is 0 Å². The number of benzene rings is 2. The van der Waals surface area contributed by atoms with Crippen molar-refractivity contribution in [2.75, 3.05) is 26.7 Å². The van der Waals surface area contributed by atoms with Crippen LogP contribution >= 0.6 is 15.9 Å². The average Bonchev–Trinajstić information content (AvgIpc) is 2.75. The van der Waals surface area contributed by atoms with Gasteiger partial charge in [0.2, 0.25) is 5.91 Å². The lowest BCUT2D eigenvalue weighted by Crippen LogP contribution is -2.45. The number of nitrogens with zero attached hydrogens (tertiary/aromatic N) is 1. The van der Waals surface area contributed by atoms with E-state index in [1.54, 1.807) is 19.2 Å². The molecule has 2 aromatic rings. The van der Waals surface area contributed by atoms with E-state index < -0.39 is 0 Å². The fourth-order valence-electron chi connectivity index (χ4n) is 3.56. The zero-order chi connectivity index (χ0) is 21.3. The molecule has 2 amide bonds. The van der Waals surface area contributed by atoms with Gasteiger partial charge in [-0.1, -0.05) is 28.1 Å². The van der Waals surface area contributed by atoms with Gasteiger partial charge in [0.05, 0.1) is 7.11 Å². The molecule has 0 bridgehead atoms. The molecule has 0 radical (unpaired) electrons. The minimum atomic E-state index is -0.166. The average molecular weight is 474 g/mol. The minimum absolute atomic E-state index is 0.0163. The molecule has 3 rings (SSSR count). The molecule has 1 fully saturated rings. The van der Waals surface area contributed by atoms with Gasteiger partial charge < -0.3 is 15.4 Å². The van der Waals surface area contributed by atoms with Gasteiger partial charge in [0.1, 0.15) is 5.75 Å². The molecule has 1 aliphatic rings. The highest BCUT2D eigenvalue weighted by molar-refractivity contribution is 9.10. The number of rotatable bonds is 8. The molecule has 0 aromatic heterocycles. The molecule has 30 heavy (non-hydrogen) atoms. The van der Waals surface area contributed by atoms with Gasteiger partial charge in [0, 0.05) is 48.7 Å². The number of ether oxygens (including phenoxy) is 1. The number of piperidine rings is 1. The Kier molecular flexibility index (Phi) is 8.28. The van der Waals surface area contributed by atoms with Gasteiger partial charge in [-0.05, 0) is 54.8 Å². The highest BCUT2D eigenvalue weighted by Crippen LogP contribution is 2.17. The van der Waals surface area contributed by atoms with Crippen LogP contribution in [0.2, 0.25) is 0 Å². The smallest absolute Gasteiger partial charge is 0.251 e. The first kappa shape index (κ1) is 22.3. The second-order valence-electron chi connectivity index (χ2n) is 7.48. The zero-order valence-corrected chi connectivity index (χ0v) is 18.8. The summed E-state index contributed by atoms with van der Waals surface area (Å²) in [7, 11) is 1.68. The molecule has 0 unspecified atom stereocenters. The molecular formula is C23H28BrN3O3. The fraction of sp³-hybridized carbons (Fsp3) is 0.391. The zero-order valence-electron chi connectivity index (χ0n) is 17.2. The van der Waals surface area contributed by atoms with Gasteiger partial charge in [0.15, 0.2) is 0 Å². The lowest BCUT2D eigenvalue weighted by Gasteiger charge is -2.32. The molecule has 7 heteroatoms. The molecule has 0 atom stereocenters. The van der Waals surface area contributed by atoms with Gasteiger partial charge in [-0.3, -0.25) is 14.5 Å². The van der Waals surface area contributed by atoms with E-state index >= 15 is 0 Å². The molecule has 6 nitrogen and oxygen atoms in total. The quantitative estimate of drug-likeness (QED) is 0.616. The lowest BCUT2D eigenvalue weighted by molar-refractivity contribution is -0.122. The van der Waals surface area contributed by atoms with E-state index in [-0.39, 0.29) is 24.3 Å². The summed E-state index contributed by atoms with van der Waals surface area (Å²) in [6.45, 7) is 3.11. The molecule has 2 N–H and O–H groups in total. The van der Waals surface area contributed by atoms with Gasteiger partial charge >= 0.3 is 0 Å². The van der Waals surface area contributed by atoms with Crippen LogP contribution in [0.1, 0.15) is 35.2 Å². The summed E-state index contributed by atoms with van der Waals surface area (Å²) >= 11 is 3.35. The number of carbonyl (C=O) groups excluding carboxylic acids is 2. The van der Waals surface area contributed by atoms with Crippen molar-refractivity contribution in [2.24, 2.45) is 0 Å². The summed E-state index contributed by atoms with van der Waals surface area (Å²) in [5, 5.41) is 5.90. The van der Waals surface area contributed by atoms with E-state index in [0.717, 1.165) is 42.7 Å². The van der Waals surface area contributed by atoms with Crippen molar-refractivity contribution in [3.05, 3.63) is 64.1 Å². The Bertz CT molecular complexity index is 849. The van der Waals surface area contributed by atoms with Gasteiger partial charge in [-0.25, -0.2) is 0 Å². The van der Waals surface area contributed by atoms with E-state index in [4.69, 9.17) is 4.74 Å². The third-order valence-electron chi connectivity index (χ3n) is 5.24. The van der Waals surface area contributed by atoms with Crippen LogP contribution in [0.25, 0.3) is 0 Å². The molecule has 0 aliphatic carbocycles. The third kappa shape index (κ3) is 6.85. The Morgan fingerprint density at radius 2 is 1.87 bits per heavy atom. The Morgan fingerprint density at radius 3 is 2.57 bits per heavy atom. The van der Waals surface area contributed by atoms with Crippen LogP contribution < -0.4 is 15.4 Å². The molecule has 0 saturated carbocycles. The van der Waals surface area contributed by atoms with Crippen molar-refractivity contribution in [3.8, 4) is 5.75 Å². The van der Waals surface area contributed by atoms with E-state index in [2.05, 4.69) is 43.6 Å². The maximum Gasteiger partial charge on any atom is 0.251 e. The number of halogens is 1. The Hall–Kier alpha value is -2.38. The highest BCUT2D eigenvalue weighted by atomic mass is 79.9. The maximum atomic E-state index is 12.2. The Morgan fingerprint density at radius 1 is 1.13 bits per heavy atom. The maximum absolute atomic E-state index is 12.2. The Balaban J connectivity index is 1.33. The number of likely N-dealkylation sites (tertiary alicyclic amines) is 1. The highest BCUT2D eigenvalue weighted by Gasteiger charge is 2.20. The van der Waals surface area contributed by atoms with Crippen LogP contribution in [0.3, 0.4) is 0 Å². The molecule has 1 aliphatic heterocycles. The molecule has 160 valence electrons. The lowest BCUT2D eigenvalue weighted by atomic mass is 10.0. The van der Waals surface area contributed by atoms with Gasteiger partial charge in [-0.15, -0.1) is 0 Å². The van der Waals surface area contributed by atoms with Crippen molar-refractivity contribution in [2.45, 2.75) is 31.8 Å². The summed E-state index contributed by atoms with van der Waals surface area (Å²) in [4.78, 5) is 26.7. The van der Waals surface area contributed by atoms with Gasteiger partial charge in [-0.2, -0.15) is 0 Å². The first-order chi connectivity index (χ1) is 14.5. The second kappa shape index (κ2) is 11.1. The molecule has 1 heterocycles. The summed E-state index contributed by atoms with van der Waals surface area (Å²) < 4.78 is 6.21. The fourth-order valence-corrected chi connectivity index (χ4v) is 3.82. The third-order valence-corrected chi connectivity index (χ3v) is 5.77. The Labute approximate surface area is 186 Å². The molecule has 0 spiro atoms. The van der Waals surface area contributed by atoms with Crippen LogP contribution in [0, 0.1) is 0 Å². The van der Waals surface area contributed by atoms with Crippen LogP contribution in [-0.2, 0) is 11.3 Å². The predicted molar refractivity (Wildman–Crippen MR) is 121 cm³/mol. The summed E-state index contributed by atoms with van der Waals surface area (Å²) in [6, 6.07) is 15.5. The van der Waals surface area contributed by atoms with E-state index in [1.165, 1.54) is 5.56 Å². The van der Waals surface area contributed by atoms with Crippen molar-refractivity contribution in [1.29, 1.82) is 0 Å². The monoisotopic (exact) mass is 473 g/mol. The normalized spacial score (nSPS) is 14.9. The first-order valence-corrected chi connectivity index (χ1v) is 11.0. The van der Waals surface area contributed by atoms with E-state index in [1.807, 2.05) is 24.3 Å². The largest absolute Gasteiger partial charge is 0.497 e. The first-order valence-electron chi connectivity index (χ1n) is 10.2. The number of nitrogens with one attached hydrogen (secondary N) is 2. The number of methoxy groups -OCH3 is 1. The van der Waals surface area contributed by atoms with Crippen LogP contribution in [0.15, 0.2) is 53.0 Å². The second-order valence-corrected chi connectivity index (χ2v) is 8.40. The standard InChI is InChI=1S/C23H28BrN3O3/c1-30-21-4-2-3-17(15-21)16-27-13-10-20(11-14-27)26-22(28)9-12-25-23(29)18-5-7-19(24)8-6-18/h2-8,15,20H,9-14,16H2,1H3,(H,25,29)(H,26,28). The SMILES string of the molecule is COc1cccc(CN2CCC(NC(=O)CCNC(=O)c3ccc(Br)cc3)CC2)c1. The van der Waals surface area contributed by atoms with Gasteiger partial charge in [0.25, 0.3) is 5.91 Å². The number of hydrogen-bond acceptors (Lipinski definition) is 4. The minimum Gasteiger partial charge on any atom is -0.497 e. The van der Waals surface area contributed by atoms with Crippen LogP contribution in [0.5, 0.6) is 5.75 Å². The summed E-state index contributed by atoms with van der Waals surface area (Å²) in [6.07, 6.45) is 2.15. The van der Waals surface area contributed by atoms with Crippen LogP contribution in [-0.4, -0.2) is 49.5 Å². The molecule has 2 aromatic carbocycles. The molecular weight excluding hydrogens is 446 g/mol. The summed E-state index contributed by atoms with van der Waals surface area (Å²) in [5.74, 6) is 0.695. The summed E-state index contributed by atoms with van der Waals surface area (Å²) in [5.41, 5.74) is 1.82. The molecule has 1 saturated heterocycles. The predicted octanol–water partition coefficient (Wildman–Crippen LogP) is 3.36. The number of hydrogen-bond donors (Lipinski definition) is 2. The van der Waals surface area contributed by atoms with Crippen molar-refractivity contribution in [1.82, 2.24) is 15.5 Å². The van der Waals surface area contributed by atoms with E-state index in [0.29, 0.717) is 12.1 Å². The number of amides is 2. The van der Waals surface area contributed by atoms with Crippen molar-refractivity contribution < 1.29 is 14.3 Å².